The summed E-state index contributed by atoms with van der Waals surface area (Å²) in [6.07, 6.45) is 4.16. The summed E-state index contributed by atoms with van der Waals surface area (Å²) >= 11 is 0. The number of likely N-dealkylation sites (tertiary alicyclic amines) is 1. The highest BCUT2D eigenvalue weighted by atomic mass is 16.2. The van der Waals surface area contributed by atoms with Gasteiger partial charge in [-0.1, -0.05) is 13.0 Å². The molecule has 2 aromatic rings. The van der Waals surface area contributed by atoms with Crippen LogP contribution in [0.3, 0.4) is 0 Å². The van der Waals surface area contributed by atoms with Gasteiger partial charge in [-0.05, 0) is 62.1 Å². The van der Waals surface area contributed by atoms with Crippen LogP contribution in [0.15, 0.2) is 42.6 Å². The van der Waals surface area contributed by atoms with E-state index in [1.165, 1.54) is 0 Å². The summed E-state index contributed by atoms with van der Waals surface area (Å²) in [5.74, 6) is 0.505. The van der Waals surface area contributed by atoms with Crippen LogP contribution in [-0.4, -0.2) is 48.4 Å². The Morgan fingerprint density at radius 3 is 2.41 bits per heavy atom. The molecule has 0 saturated carbocycles. The summed E-state index contributed by atoms with van der Waals surface area (Å²) in [7, 11) is 2.06. The molecule has 2 heterocycles. The second kappa shape index (κ2) is 9.54. The molecule has 0 atom stereocenters. The van der Waals surface area contributed by atoms with Gasteiger partial charge in [0, 0.05) is 50.0 Å². The number of carbonyl (C=O) groups excluding carboxylic acids is 2. The van der Waals surface area contributed by atoms with Gasteiger partial charge in [0.05, 0.1) is 0 Å². The number of amides is 2. The Labute approximate surface area is 172 Å². The Morgan fingerprint density at radius 2 is 1.83 bits per heavy atom. The van der Waals surface area contributed by atoms with Crippen molar-refractivity contribution in [3.63, 3.8) is 0 Å². The summed E-state index contributed by atoms with van der Waals surface area (Å²) in [6, 6.07) is 11.5. The van der Waals surface area contributed by atoms with Gasteiger partial charge in [0.25, 0.3) is 5.91 Å². The van der Waals surface area contributed by atoms with Crippen LogP contribution in [0.25, 0.3) is 0 Å². The smallest absolute Gasteiger partial charge is 0.253 e. The molecule has 1 aliphatic rings. The van der Waals surface area contributed by atoms with E-state index < -0.39 is 0 Å². The molecule has 0 aliphatic carbocycles. The molecule has 0 unspecified atom stereocenters. The van der Waals surface area contributed by atoms with E-state index in [9.17, 15) is 9.59 Å². The van der Waals surface area contributed by atoms with Gasteiger partial charge in [-0.15, -0.1) is 0 Å². The highest BCUT2D eigenvalue weighted by Crippen LogP contribution is 2.22. The zero-order valence-corrected chi connectivity index (χ0v) is 17.5. The molecule has 6 heteroatoms. The largest absolute Gasteiger partial charge is 0.375 e. The van der Waals surface area contributed by atoms with Crippen molar-refractivity contribution in [1.29, 1.82) is 0 Å². The SMILES string of the molecule is CCCN(C)c1ccc(C(=O)N2CCC(C(=O)Nc3ccc(C)cn3)CC2)cc1. The lowest BCUT2D eigenvalue weighted by atomic mass is 9.95. The van der Waals surface area contributed by atoms with Crippen molar-refractivity contribution in [3.05, 3.63) is 53.7 Å². The lowest BCUT2D eigenvalue weighted by Crippen LogP contribution is -2.41. The van der Waals surface area contributed by atoms with E-state index in [1.807, 2.05) is 48.2 Å². The van der Waals surface area contributed by atoms with Gasteiger partial charge >= 0.3 is 0 Å². The molecule has 1 N–H and O–H groups in total. The van der Waals surface area contributed by atoms with E-state index in [0.29, 0.717) is 37.3 Å². The monoisotopic (exact) mass is 394 g/mol. The first-order valence-corrected chi connectivity index (χ1v) is 10.3. The minimum absolute atomic E-state index is 0.0169. The number of anilines is 2. The minimum atomic E-state index is -0.0905. The van der Waals surface area contributed by atoms with Crippen molar-refractivity contribution >= 4 is 23.3 Å². The third-order valence-corrected chi connectivity index (χ3v) is 5.43. The molecule has 0 bridgehead atoms. The lowest BCUT2D eigenvalue weighted by molar-refractivity contribution is -0.121. The van der Waals surface area contributed by atoms with Gasteiger partial charge in [-0.25, -0.2) is 4.98 Å². The number of pyridine rings is 1. The molecular formula is C23H30N4O2. The molecule has 3 rings (SSSR count). The molecule has 1 aliphatic heterocycles. The third-order valence-electron chi connectivity index (χ3n) is 5.43. The Hall–Kier alpha value is -2.89. The maximum atomic E-state index is 12.8. The van der Waals surface area contributed by atoms with Crippen LogP contribution < -0.4 is 10.2 Å². The number of hydrogen-bond donors (Lipinski definition) is 1. The molecule has 1 aromatic heterocycles. The fraction of sp³-hybridized carbons (Fsp3) is 0.435. The Balaban J connectivity index is 1.52. The fourth-order valence-corrected chi connectivity index (χ4v) is 3.62. The average molecular weight is 395 g/mol. The van der Waals surface area contributed by atoms with Crippen molar-refractivity contribution in [3.8, 4) is 0 Å². The van der Waals surface area contributed by atoms with Crippen molar-refractivity contribution < 1.29 is 9.59 Å². The molecule has 0 radical (unpaired) electrons. The zero-order valence-electron chi connectivity index (χ0n) is 17.5. The number of rotatable bonds is 6. The molecule has 154 valence electrons. The number of aromatic nitrogens is 1. The van der Waals surface area contributed by atoms with Gasteiger partial charge in [-0.2, -0.15) is 0 Å². The highest BCUT2D eigenvalue weighted by molar-refractivity contribution is 5.95. The molecule has 0 spiro atoms. The number of aryl methyl sites for hydroxylation is 1. The molecule has 29 heavy (non-hydrogen) atoms. The van der Waals surface area contributed by atoms with E-state index in [4.69, 9.17) is 0 Å². The van der Waals surface area contributed by atoms with E-state index >= 15 is 0 Å². The number of nitrogens with zero attached hydrogens (tertiary/aromatic N) is 3. The van der Waals surface area contributed by atoms with Crippen LogP contribution in [0.1, 0.15) is 42.1 Å². The van der Waals surface area contributed by atoms with Gasteiger partial charge in [0.2, 0.25) is 5.91 Å². The molecule has 2 amide bonds. The lowest BCUT2D eigenvalue weighted by Gasteiger charge is -2.31. The fourth-order valence-electron chi connectivity index (χ4n) is 3.62. The van der Waals surface area contributed by atoms with E-state index in [2.05, 4.69) is 29.2 Å². The Kier molecular flexibility index (Phi) is 6.86. The quantitative estimate of drug-likeness (QED) is 0.811. The number of benzene rings is 1. The van der Waals surface area contributed by atoms with Crippen LogP contribution in [0.2, 0.25) is 0 Å². The summed E-state index contributed by atoms with van der Waals surface area (Å²) in [4.78, 5) is 33.6. The van der Waals surface area contributed by atoms with Crippen LogP contribution in [0.5, 0.6) is 0 Å². The highest BCUT2D eigenvalue weighted by Gasteiger charge is 2.28. The topological polar surface area (TPSA) is 65.5 Å². The van der Waals surface area contributed by atoms with Gasteiger partial charge < -0.3 is 15.1 Å². The first-order valence-electron chi connectivity index (χ1n) is 10.3. The summed E-state index contributed by atoms with van der Waals surface area (Å²) in [5.41, 5.74) is 2.87. The maximum Gasteiger partial charge on any atom is 0.253 e. The summed E-state index contributed by atoms with van der Waals surface area (Å²) < 4.78 is 0. The number of hydrogen-bond acceptors (Lipinski definition) is 4. The van der Waals surface area contributed by atoms with Gasteiger partial charge in [-0.3, -0.25) is 9.59 Å². The maximum absolute atomic E-state index is 12.8. The summed E-state index contributed by atoms with van der Waals surface area (Å²) in [5, 5.41) is 2.88. The van der Waals surface area contributed by atoms with E-state index in [-0.39, 0.29) is 17.7 Å². The van der Waals surface area contributed by atoms with Gasteiger partial charge in [0.15, 0.2) is 0 Å². The predicted octanol–water partition coefficient (Wildman–Crippen LogP) is 3.73. The minimum Gasteiger partial charge on any atom is -0.375 e. The van der Waals surface area contributed by atoms with E-state index in [1.54, 1.807) is 6.20 Å². The molecule has 1 saturated heterocycles. The van der Waals surface area contributed by atoms with Crippen molar-refractivity contribution in [2.45, 2.75) is 33.1 Å². The van der Waals surface area contributed by atoms with Crippen LogP contribution in [0.4, 0.5) is 11.5 Å². The Bertz CT molecular complexity index is 825. The predicted molar refractivity (Wildman–Crippen MR) is 116 cm³/mol. The Morgan fingerprint density at radius 1 is 1.14 bits per heavy atom. The second-order valence-corrected chi connectivity index (χ2v) is 7.74. The van der Waals surface area contributed by atoms with Crippen molar-refractivity contribution in [1.82, 2.24) is 9.88 Å². The van der Waals surface area contributed by atoms with E-state index in [0.717, 1.165) is 24.2 Å². The first-order chi connectivity index (χ1) is 14.0. The average Bonchev–Trinajstić information content (AvgIpc) is 2.75. The first kappa shape index (κ1) is 20.8. The molecule has 1 aromatic carbocycles. The number of nitrogens with one attached hydrogen (secondary N) is 1. The summed E-state index contributed by atoms with van der Waals surface area (Å²) in [6.45, 7) is 6.28. The molecule has 6 nitrogen and oxygen atoms in total. The van der Waals surface area contributed by atoms with Crippen molar-refractivity contribution in [2.75, 3.05) is 36.9 Å². The van der Waals surface area contributed by atoms with Crippen LogP contribution >= 0.6 is 0 Å². The van der Waals surface area contributed by atoms with Crippen LogP contribution in [-0.2, 0) is 4.79 Å². The normalized spacial score (nSPS) is 14.5. The molecule has 1 fully saturated rings. The third kappa shape index (κ3) is 5.34. The van der Waals surface area contributed by atoms with Crippen LogP contribution in [0, 0.1) is 12.8 Å². The standard InChI is InChI=1S/C23H30N4O2/c1-4-13-26(3)20-8-6-19(7-9-20)23(29)27-14-11-18(12-15-27)22(28)25-21-10-5-17(2)16-24-21/h5-10,16,18H,4,11-15H2,1-3H3,(H,24,25,28). The zero-order chi connectivity index (χ0) is 20.8. The number of piperidine rings is 1. The van der Waals surface area contributed by atoms with Crippen molar-refractivity contribution in [2.24, 2.45) is 5.92 Å². The molecular weight excluding hydrogens is 364 g/mol. The number of carbonyl (C=O) groups is 2. The van der Waals surface area contributed by atoms with Gasteiger partial charge in [0.1, 0.15) is 5.82 Å². The second-order valence-electron chi connectivity index (χ2n) is 7.74.